The number of aryl methyl sites for hydroxylation is 1. The van der Waals surface area contributed by atoms with Crippen LogP contribution in [0.15, 0.2) is 23.1 Å². The molecule has 0 spiro atoms. The van der Waals surface area contributed by atoms with E-state index in [0.717, 1.165) is 12.8 Å². The van der Waals surface area contributed by atoms with Gasteiger partial charge in [-0.2, -0.15) is 4.31 Å². The van der Waals surface area contributed by atoms with Crippen molar-refractivity contribution >= 4 is 15.7 Å². The average molecular weight is 268 g/mol. The summed E-state index contributed by atoms with van der Waals surface area (Å²) in [6, 6.07) is 4.97. The number of hydrogen-bond acceptors (Lipinski definition) is 3. The Kier molecular flexibility index (Phi) is 3.64. The van der Waals surface area contributed by atoms with Crippen LogP contribution in [0.5, 0.6) is 0 Å². The molecular formula is C13H20N2O2S. The maximum Gasteiger partial charge on any atom is 0.243 e. The van der Waals surface area contributed by atoms with E-state index in [0.29, 0.717) is 35.2 Å². The van der Waals surface area contributed by atoms with E-state index in [9.17, 15) is 8.42 Å². The van der Waals surface area contributed by atoms with E-state index in [1.165, 1.54) is 0 Å². The van der Waals surface area contributed by atoms with Crippen molar-refractivity contribution in [3.05, 3.63) is 23.8 Å². The second-order valence-corrected chi connectivity index (χ2v) is 7.04. The fraction of sp³-hybridized carbons (Fsp3) is 0.538. The third-order valence-corrected chi connectivity index (χ3v) is 5.46. The topological polar surface area (TPSA) is 63.4 Å². The van der Waals surface area contributed by atoms with Gasteiger partial charge in [-0.25, -0.2) is 8.42 Å². The Labute approximate surface area is 109 Å². The molecule has 1 aliphatic heterocycles. The molecule has 1 aliphatic rings. The molecule has 2 rings (SSSR count). The van der Waals surface area contributed by atoms with Crippen molar-refractivity contribution in [2.24, 2.45) is 5.92 Å². The van der Waals surface area contributed by atoms with Gasteiger partial charge in [-0.05, 0) is 49.4 Å². The molecule has 0 amide bonds. The largest absolute Gasteiger partial charge is 0.399 e. The van der Waals surface area contributed by atoms with Crippen molar-refractivity contribution in [3.8, 4) is 0 Å². The quantitative estimate of drug-likeness (QED) is 0.834. The number of rotatable bonds is 2. The lowest BCUT2D eigenvalue weighted by Gasteiger charge is -2.30. The lowest BCUT2D eigenvalue weighted by molar-refractivity contribution is 0.281. The van der Waals surface area contributed by atoms with E-state index in [4.69, 9.17) is 5.73 Å². The first kappa shape index (κ1) is 13.4. The van der Waals surface area contributed by atoms with Crippen LogP contribution < -0.4 is 5.73 Å². The highest BCUT2D eigenvalue weighted by Crippen LogP contribution is 2.26. The number of benzene rings is 1. The van der Waals surface area contributed by atoms with Crippen molar-refractivity contribution in [2.75, 3.05) is 18.8 Å². The number of nitrogen functional groups attached to an aromatic ring is 1. The highest BCUT2D eigenvalue weighted by Gasteiger charge is 2.29. The minimum atomic E-state index is -3.36. The Morgan fingerprint density at radius 2 is 2.11 bits per heavy atom. The lowest BCUT2D eigenvalue weighted by Crippen LogP contribution is -2.39. The molecular weight excluding hydrogens is 248 g/mol. The van der Waals surface area contributed by atoms with Crippen molar-refractivity contribution in [3.63, 3.8) is 0 Å². The zero-order valence-corrected chi connectivity index (χ0v) is 11.7. The molecule has 1 aromatic carbocycles. The minimum Gasteiger partial charge on any atom is -0.399 e. The van der Waals surface area contributed by atoms with E-state index < -0.39 is 10.0 Å². The molecule has 100 valence electrons. The molecule has 2 N–H and O–H groups in total. The summed E-state index contributed by atoms with van der Waals surface area (Å²) < 4.78 is 26.7. The van der Waals surface area contributed by atoms with E-state index in [1.807, 2.05) is 0 Å². The molecule has 1 unspecified atom stereocenters. The highest BCUT2D eigenvalue weighted by atomic mass is 32.2. The summed E-state index contributed by atoms with van der Waals surface area (Å²) in [5.41, 5.74) is 6.97. The van der Waals surface area contributed by atoms with Crippen molar-refractivity contribution < 1.29 is 8.42 Å². The normalized spacial score (nSPS) is 22.0. The summed E-state index contributed by atoms with van der Waals surface area (Å²) in [6.07, 6.45) is 2.04. The van der Waals surface area contributed by atoms with E-state index in [1.54, 1.807) is 29.4 Å². The van der Waals surface area contributed by atoms with Crippen molar-refractivity contribution in [1.82, 2.24) is 4.31 Å². The second-order valence-electron chi connectivity index (χ2n) is 5.14. The molecule has 0 aliphatic carbocycles. The van der Waals surface area contributed by atoms with Gasteiger partial charge in [-0.3, -0.25) is 0 Å². The fourth-order valence-electron chi connectivity index (χ4n) is 2.47. The van der Waals surface area contributed by atoms with Crippen LogP contribution in [-0.4, -0.2) is 25.8 Å². The summed E-state index contributed by atoms with van der Waals surface area (Å²) in [6.45, 7) is 5.12. The molecule has 1 aromatic rings. The molecule has 18 heavy (non-hydrogen) atoms. The number of nitrogens with two attached hydrogens (primary N) is 1. The zero-order chi connectivity index (χ0) is 13.3. The van der Waals surface area contributed by atoms with Crippen LogP contribution in [0, 0.1) is 12.8 Å². The van der Waals surface area contributed by atoms with Crippen molar-refractivity contribution in [2.45, 2.75) is 31.6 Å². The summed E-state index contributed by atoms with van der Waals surface area (Å²) in [5, 5.41) is 0. The van der Waals surface area contributed by atoms with Crippen LogP contribution in [0.4, 0.5) is 5.69 Å². The van der Waals surface area contributed by atoms with Gasteiger partial charge in [0.2, 0.25) is 10.0 Å². The van der Waals surface area contributed by atoms with Crippen LogP contribution in [0.1, 0.15) is 25.3 Å². The molecule has 5 heteroatoms. The molecule has 1 fully saturated rings. The maximum absolute atomic E-state index is 12.6. The summed E-state index contributed by atoms with van der Waals surface area (Å²) in [5.74, 6) is 0.433. The minimum absolute atomic E-state index is 0.380. The first-order valence-electron chi connectivity index (χ1n) is 6.27. The van der Waals surface area contributed by atoms with Gasteiger partial charge in [0.05, 0.1) is 4.90 Å². The smallest absolute Gasteiger partial charge is 0.243 e. The third-order valence-electron chi connectivity index (χ3n) is 3.44. The van der Waals surface area contributed by atoms with Crippen LogP contribution in [0.2, 0.25) is 0 Å². The van der Waals surface area contributed by atoms with Crippen LogP contribution in [0.25, 0.3) is 0 Å². The number of sulfonamides is 1. The van der Waals surface area contributed by atoms with E-state index in [-0.39, 0.29) is 0 Å². The van der Waals surface area contributed by atoms with E-state index >= 15 is 0 Å². The Morgan fingerprint density at radius 1 is 1.39 bits per heavy atom. The molecule has 0 saturated carbocycles. The van der Waals surface area contributed by atoms with E-state index in [2.05, 4.69) is 6.92 Å². The Morgan fingerprint density at radius 3 is 2.72 bits per heavy atom. The third kappa shape index (κ3) is 2.52. The van der Waals surface area contributed by atoms with Gasteiger partial charge in [0.15, 0.2) is 0 Å². The van der Waals surface area contributed by atoms with Crippen LogP contribution >= 0.6 is 0 Å². The number of anilines is 1. The Bertz CT molecular complexity index is 540. The summed E-state index contributed by atoms with van der Waals surface area (Å²) >= 11 is 0. The van der Waals surface area contributed by atoms with Crippen LogP contribution in [0.3, 0.4) is 0 Å². The summed E-state index contributed by atoms with van der Waals surface area (Å²) in [7, 11) is -3.36. The van der Waals surface area contributed by atoms with Gasteiger partial charge in [0.25, 0.3) is 0 Å². The predicted octanol–water partition coefficient (Wildman–Crippen LogP) is 2.00. The van der Waals surface area contributed by atoms with Crippen LogP contribution in [-0.2, 0) is 10.0 Å². The Hall–Kier alpha value is -1.07. The molecule has 0 aromatic heterocycles. The maximum atomic E-state index is 12.6. The van der Waals surface area contributed by atoms with Gasteiger partial charge < -0.3 is 5.73 Å². The number of hydrogen-bond donors (Lipinski definition) is 1. The molecule has 1 saturated heterocycles. The fourth-order valence-corrected chi connectivity index (χ4v) is 4.27. The molecule has 1 heterocycles. The predicted molar refractivity (Wildman–Crippen MR) is 72.7 cm³/mol. The number of piperidine rings is 1. The standard InChI is InChI=1S/C13H20N2O2S/c1-10-4-3-7-15(9-10)18(16,17)13-6-5-12(14)8-11(13)2/h5-6,8,10H,3-4,7,9,14H2,1-2H3. The first-order chi connectivity index (χ1) is 8.41. The Balaban J connectivity index is 2.35. The molecule has 0 radical (unpaired) electrons. The zero-order valence-electron chi connectivity index (χ0n) is 10.9. The monoisotopic (exact) mass is 268 g/mol. The van der Waals surface area contributed by atoms with Gasteiger partial charge in [-0.15, -0.1) is 0 Å². The first-order valence-corrected chi connectivity index (χ1v) is 7.71. The van der Waals surface area contributed by atoms with Gasteiger partial charge in [0.1, 0.15) is 0 Å². The second kappa shape index (κ2) is 4.90. The van der Waals surface area contributed by atoms with Gasteiger partial charge >= 0.3 is 0 Å². The average Bonchev–Trinajstić information content (AvgIpc) is 2.28. The van der Waals surface area contributed by atoms with Gasteiger partial charge in [0, 0.05) is 18.8 Å². The molecule has 4 nitrogen and oxygen atoms in total. The molecule has 1 atom stereocenters. The van der Waals surface area contributed by atoms with Crippen molar-refractivity contribution in [1.29, 1.82) is 0 Å². The van der Waals surface area contributed by atoms with Gasteiger partial charge in [-0.1, -0.05) is 6.92 Å². The highest BCUT2D eigenvalue weighted by molar-refractivity contribution is 7.89. The SMILES string of the molecule is Cc1cc(N)ccc1S(=O)(=O)N1CCCC(C)C1. The number of nitrogens with zero attached hydrogens (tertiary/aromatic N) is 1. The molecule has 0 bridgehead atoms. The lowest BCUT2D eigenvalue weighted by atomic mass is 10.0. The summed E-state index contributed by atoms with van der Waals surface area (Å²) in [4.78, 5) is 0.380.